The van der Waals surface area contributed by atoms with E-state index in [1.54, 1.807) is 4.90 Å². The van der Waals surface area contributed by atoms with Gasteiger partial charge in [0.15, 0.2) is 0 Å². The number of carbonyl (C=O) groups is 1. The zero-order valence-corrected chi connectivity index (χ0v) is 13.3. The van der Waals surface area contributed by atoms with E-state index < -0.39 is 0 Å². The average molecular weight is 321 g/mol. The molecule has 1 aromatic carbocycles. The molecule has 1 saturated heterocycles. The maximum Gasteiger partial charge on any atom is 0.222 e. The number of amides is 1. The Balaban J connectivity index is 1.54. The molecule has 5 heteroatoms. The van der Waals surface area contributed by atoms with Crippen molar-refractivity contribution >= 4 is 28.4 Å². The first-order valence-electron chi connectivity index (χ1n) is 7.84. The topological polar surface area (TPSA) is 45.5 Å². The van der Waals surface area contributed by atoms with Crippen LogP contribution >= 0.6 is 11.6 Å². The van der Waals surface area contributed by atoms with Gasteiger partial charge in [-0.15, -0.1) is 0 Å². The number of aliphatic hydroxyl groups excluding tert-OH is 1. The lowest BCUT2D eigenvalue weighted by molar-refractivity contribution is -0.134. The number of hydrogen-bond acceptors (Lipinski definition) is 2. The minimum absolute atomic E-state index is 0.151. The Labute approximate surface area is 135 Å². The van der Waals surface area contributed by atoms with Gasteiger partial charge in [-0.3, -0.25) is 4.79 Å². The Kier molecular flexibility index (Phi) is 4.69. The molecule has 3 rings (SSSR count). The summed E-state index contributed by atoms with van der Waals surface area (Å²) in [6, 6.07) is 7.90. The summed E-state index contributed by atoms with van der Waals surface area (Å²) in [6.45, 7) is 2.08. The molecule has 118 valence electrons. The molecule has 1 amide bonds. The molecule has 2 aromatic rings. The van der Waals surface area contributed by atoms with Crippen LogP contribution < -0.4 is 0 Å². The average Bonchev–Trinajstić information content (AvgIpc) is 2.89. The van der Waals surface area contributed by atoms with Gasteiger partial charge < -0.3 is 14.6 Å². The van der Waals surface area contributed by atoms with Gasteiger partial charge in [0.2, 0.25) is 5.91 Å². The van der Waals surface area contributed by atoms with Crippen LogP contribution in [0.3, 0.4) is 0 Å². The number of halogens is 1. The summed E-state index contributed by atoms with van der Waals surface area (Å²) >= 11 is 5.99. The lowest BCUT2D eigenvalue weighted by Gasteiger charge is -2.30. The fraction of sp³-hybridized carbons (Fsp3) is 0.471. The van der Waals surface area contributed by atoms with Gasteiger partial charge in [-0.1, -0.05) is 11.6 Å². The minimum atomic E-state index is -0.351. The minimum Gasteiger partial charge on any atom is -0.391 e. The quantitative estimate of drug-likeness (QED) is 0.941. The number of β-amino-alcohol motifs (C(OH)–C–C–N with tert-alkyl or cyclic N) is 1. The van der Waals surface area contributed by atoms with Gasteiger partial charge in [0.25, 0.3) is 0 Å². The Morgan fingerprint density at radius 3 is 3.05 bits per heavy atom. The van der Waals surface area contributed by atoms with E-state index in [0.29, 0.717) is 13.0 Å². The Hall–Kier alpha value is -1.52. The fourth-order valence-electron chi connectivity index (χ4n) is 3.11. The molecule has 1 fully saturated rings. The second-order valence-electron chi connectivity index (χ2n) is 5.95. The van der Waals surface area contributed by atoms with Crippen LogP contribution in [0, 0.1) is 0 Å². The number of nitrogens with zero attached hydrogens (tertiary/aromatic N) is 2. The predicted molar refractivity (Wildman–Crippen MR) is 88.0 cm³/mol. The van der Waals surface area contributed by atoms with Crippen molar-refractivity contribution in [1.29, 1.82) is 0 Å². The third-order valence-electron chi connectivity index (χ3n) is 4.27. The van der Waals surface area contributed by atoms with E-state index in [0.717, 1.165) is 48.3 Å². The highest BCUT2D eigenvalue weighted by Gasteiger charge is 2.21. The van der Waals surface area contributed by atoms with E-state index in [9.17, 15) is 9.90 Å². The third-order valence-corrected chi connectivity index (χ3v) is 4.51. The summed E-state index contributed by atoms with van der Waals surface area (Å²) in [5.74, 6) is 0.151. The van der Waals surface area contributed by atoms with Crippen molar-refractivity contribution in [1.82, 2.24) is 9.47 Å². The van der Waals surface area contributed by atoms with E-state index in [1.807, 2.05) is 30.5 Å². The maximum absolute atomic E-state index is 12.2. The van der Waals surface area contributed by atoms with Crippen LogP contribution in [0.4, 0.5) is 0 Å². The first-order chi connectivity index (χ1) is 10.6. The van der Waals surface area contributed by atoms with Gasteiger partial charge in [0, 0.05) is 48.2 Å². The number of likely N-dealkylation sites (tertiary alicyclic amines) is 1. The monoisotopic (exact) mass is 320 g/mol. The Morgan fingerprint density at radius 2 is 2.23 bits per heavy atom. The molecule has 2 heterocycles. The summed E-state index contributed by atoms with van der Waals surface area (Å²) in [4.78, 5) is 14.0. The Bertz CT molecular complexity index is 668. The standard InChI is InChI=1S/C17H21ClN2O2/c18-14-5-6-16-13(11-14)7-10-19(16)8-2-4-17(22)20-9-1-3-15(21)12-20/h5-7,10-11,15,21H,1-4,8-9,12H2. The molecule has 1 aliphatic rings. The van der Waals surface area contributed by atoms with Gasteiger partial charge in [0.05, 0.1) is 6.10 Å². The molecule has 4 nitrogen and oxygen atoms in total. The van der Waals surface area contributed by atoms with Crippen molar-refractivity contribution in [3.05, 3.63) is 35.5 Å². The van der Waals surface area contributed by atoms with E-state index in [-0.39, 0.29) is 12.0 Å². The largest absolute Gasteiger partial charge is 0.391 e. The van der Waals surface area contributed by atoms with Gasteiger partial charge in [-0.2, -0.15) is 0 Å². The molecule has 0 aliphatic carbocycles. The fourth-order valence-corrected chi connectivity index (χ4v) is 3.29. The van der Waals surface area contributed by atoms with E-state index >= 15 is 0 Å². The first kappa shape index (κ1) is 15.4. The SMILES string of the molecule is O=C(CCCn1ccc2cc(Cl)ccc21)N1CCCC(O)C1. The summed E-state index contributed by atoms with van der Waals surface area (Å²) < 4.78 is 2.16. The predicted octanol–water partition coefficient (Wildman–Crippen LogP) is 3.06. The van der Waals surface area contributed by atoms with Crippen LogP contribution in [0.5, 0.6) is 0 Å². The van der Waals surface area contributed by atoms with Gasteiger partial charge in [0.1, 0.15) is 0 Å². The number of aliphatic hydroxyl groups is 1. The number of fused-ring (bicyclic) bond motifs is 1. The Morgan fingerprint density at radius 1 is 1.36 bits per heavy atom. The number of rotatable bonds is 4. The highest BCUT2D eigenvalue weighted by molar-refractivity contribution is 6.31. The molecule has 0 radical (unpaired) electrons. The van der Waals surface area contributed by atoms with Gasteiger partial charge >= 0.3 is 0 Å². The van der Waals surface area contributed by atoms with Crippen molar-refractivity contribution < 1.29 is 9.90 Å². The highest BCUT2D eigenvalue weighted by atomic mass is 35.5. The zero-order chi connectivity index (χ0) is 15.5. The smallest absolute Gasteiger partial charge is 0.222 e. The molecular weight excluding hydrogens is 300 g/mol. The van der Waals surface area contributed by atoms with E-state index in [4.69, 9.17) is 11.6 Å². The molecule has 1 N–H and O–H groups in total. The van der Waals surface area contributed by atoms with E-state index in [2.05, 4.69) is 4.57 Å². The van der Waals surface area contributed by atoms with E-state index in [1.165, 1.54) is 0 Å². The number of aryl methyl sites for hydroxylation is 1. The van der Waals surface area contributed by atoms with Crippen molar-refractivity contribution in [2.45, 2.75) is 38.3 Å². The van der Waals surface area contributed by atoms with Gasteiger partial charge in [-0.25, -0.2) is 0 Å². The molecule has 1 unspecified atom stereocenters. The molecule has 0 spiro atoms. The lowest BCUT2D eigenvalue weighted by atomic mass is 10.1. The normalized spacial score (nSPS) is 18.8. The molecule has 22 heavy (non-hydrogen) atoms. The molecular formula is C17H21ClN2O2. The number of hydrogen-bond donors (Lipinski definition) is 1. The second kappa shape index (κ2) is 6.71. The number of piperidine rings is 1. The maximum atomic E-state index is 12.2. The molecule has 1 aromatic heterocycles. The summed E-state index contributed by atoms with van der Waals surface area (Å²) in [6.07, 6.45) is 4.72. The second-order valence-corrected chi connectivity index (χ2v) is 6.39. The van der Waals surface area contributed by atoms with Crippen molar-refractivity contribution in [3.8, 4) is 0 Å². The van der Waals surface area contributed by atoms with Crippen molar-refractivity contribution in [3.63, 3.8) is 0 Å². The van der Waals surface area contributed by atoms with Crippen LogP contribution in [0.2, 0.25) is 5.02 Å². The number of benzene rings is 1. The zero-order valence-electron chi connectivity index (χ0n) is 12.5. The van der Waals surface area contributed by atoms with Crippen LogP contribution in [-0.4, -0.2) is 39.7 Å². The number of carbonyl (C=O) groups excluding carboxylic acids is 1. The molecule has 0 saturated carbocycles. The van der Waals surface area contributed by atoms with Gasteiger partial charge in [-0.05, 0) is 43.5 Å². The summed E-state index contributed by atoms with van der Waals surface area (Å²) in [7, 11) is 0. The van der Waals surface area contributed by atoms with Crippen molar-refractivity contribution in [2.75, 3.05) is 13.1 Å². The third kappa shape index (κ3) is 3.45. The van der Waals surface area contributed by atoms with Crippen LogP contribution in [0.25, 0.3) is 10.9 Å². The summed E-state index contributed by atoms with van der Waals surface area (Å²) in [5, 5.41) is 11.5. The van der Waals surface area contributed by atoms with Crippen molar-refractivity contribution in [2.24, 2.45) is 0 Å². The lowest BCUT2D eigenvalue weighted by Crippen LogP contribution is -2.42. The summed E-state index contributed by atoms with van der Waals surface area (Å²) in [5.41, 5.74) is 1.14. The number of aromatic nitrogens is 1. The first-order valence-corrected chi connectivity index (χ1v) is 8.21. The van der Waals surface area contributed by atoms with Crippen LogP contribution in [-0.2, 0) is 11.3 Å². The van der Waals surface area contributed by atoms with Crippen LogP contribution in [0.15, 0.2) is 30.5 Å². The molecule has 1 aliphatic heterocycles. The highest BCUT2D eigenvalue weighted by Crippen LogP contribution is 2.21. The molecule has 0 bridgehead atoms. The molecule has 1 atom stereocenters. The van der Waals surface area contributed by atoms with Crippen LogP contribution in [0.1, 0.15) is 25.7 Å².